The zero-order valence-corrected chi connectivity index (χ0v) is 10.1. The smallest absolute Gasteiger partial charge is 0.274 e. The molecule has 2 rings (SSSR count). The van der Waals surface area contributed by atoms with Crippen LogP contribution in [0, 0.1) is 0 Å². The highest BCUT2D eigenvalue weighted by Gasteiger charge is 2.17. The molecule has 0 bridgehead atoms. The van der Waals surface area contributed by atoms with E-state index in [2.05, 4.69) is 4.98 Å². The summed E-state index contributed by atoms with van der Waals surface area (Å²) in [6, 6.07) is 12.7. The second-order valence-electron chi connectivity index (χ2n) is 3.83. The van der Waals surface area contributed by atoms with Crippen LogP contribution in [0.3, 0.4) is 0 Å². The van der Waals surface area contributed by atoms with Crippen molar-refractivity contribution in [2.75, 3.05) is 11.4 Å². The monoisotopic (exact) mass is 242 g/mol. The Balaban J connectivity index is 2.28. The molecule has 4 heteroatoms. The van der Waals surface area contributed by atoms with Crippen LogP contribution in [0.2, 0.25) is 0 Å². The average molecular weight is 242 g/mol. The molecule has 4 nitrogen and oxygen atoms in total. The number of hydrogen-bond donors (Lipinski definition) is 1. The highest BCUT2D eigenvalue weighted by Crippen LogP contribution is 2.16. The van der Waals surface area contributed by atoms with Crippen molar-refractivity contribution in [1.29, 1.82) is 0 Å². The molecule has 1 N–H and O–H groups in total. The van der Waals surface area contributed by atoms with Gasteiger partial charge in [-0.2, -0.15) is 0 Å². The van der Waals surface area contributed by atoms with Gasteiger partial charge in [0.1, 0.15) is 5.69 Å². The van der Waals surface area contributed by atoms with Crippen molar-refractivity contribution < 1.29 is 9.59 Å². The summed E-state index contributed by atoms with van der Waals surface area (Å²) >= 11 is 0. The average Bonchev–Trinajstić information content (AvgIpc) is 2.89. The van der Waals surface area contributed by atoms with Crippen LogP contribution in [0.1, 0.15) is 27.9 Å². The lowest BCUT2D eigenvalue weighted by molar-refractivity contribution is 0.0984. The Morgan fingerprint density at radius 3 is 2.50 bits per heavy atom. The van der Waals surface area contributed by atoms with Gasteiger partial charge in [-0.3, -0.25) is 9.59 Å². The first kappa shape index (κ1) is 12.1. The highest BCUT2D eigenvalue weighted by molar-refractivity contribution is 6.05. The van der Waals surface area contributed by atoms with Crippen LogP contribution in [-0.4, -0.2) is 23.7 Å². The Labute approximate surface area is 105 Å². The molecule has 18 heavy (non-hydrogen) atoms. The van der Waals surface area contributed by atoms with E-state index in [0.717, 1.165) is 5.69 Å². The minimum absolute atomic E-state index is 0.142. The third-order valence-electron chi connectivity index (χ3n) is 2.70. The van der Waals surface area contributed by atoms with E-state index in [0.29, 0.717) is 24.2 Å². The topological polar surface area (TPSA) is 53.2 Å². The van der Waals surface area contributed by atoms with E-state index >= 15 is 0 Å². The zero-order valence-electron chi connectivity index (χ0n) is 10.1. The molecule has 1 aromatic heterocycles. The summed E-state index contributed by atoms with van der Waals surface area (Å²) in [5.41, 5.74) is 1.66. The second kappa shape index (κ2) is 5.31. The lowest BCUT2D eigenvalue weighted by Gasteiger charge is -2.20. The summed E-state index contributed by atoms with van der Waals surface area (Å²) in [5, 5.41) is 0. The number of anilines is 1. The number of nitrogens with zero attached hydrogens (tertiary/aromatic N) is 1. The Kier molecular flexibility index (Phi) is 3.57. The fraction of sp³-hybridized carbons (Fsp3) is 0.143. The number of nitrogens with one attached hydrogen (secondary N) is 1. The van der Waals surface area contributed by atoms with Crippen LogP contribution in [0.25, 0.3) is 0 Å². The van der Waals surface area contributed by atoms with Crippen LogP contribution in [0.5, 0.6) is 0 Å². The van der Waals surface area contributed by atoms with Gasteiger partial charge >= 0.3 is 0 Å². The Bertz CT molecular complexity index is 546. The van der Waals surface area contributed by atoms with Crippen molar-refractivity contribution in [1.82, 2.24) is 4.98 Å². The first-order valence-electron chi connectivity index (χ1n) is 5.77. The van der Waals surface area contributed by atoms with Gasteiger partial charge in [-0.25, -0.2) is 0 Å². The number of hydrogen-bond acceptors (Lipinski definition) is 2. The molecule has 0 aliphatic heterocycles. The first-order valence-corrected chi connectivity index (χ1v) is 5.77. The van der Waals surface area contributed by atoms with Crippen LogP contribution >= 0.6 is 0 Å². The Hall–Kier alpha value is -2.36. The van der Waals surface area contributed by atoms with E-state index < -0.39 is 0 Å². The van der Waals surface area contributed by atoms with Gasteiger partial charge in [-0.1, -0.05) is 18.2 Å². The number of aromatic amines is 1. The number of amides is 1. The van der Waals surface area contributed by atoms with Crippen molar-refractivity contribution in [2.45, 2.75) is 6.92 Å². The van der Waals surface area contributed by atoms with E-state index in [1.807, 2.05) is 37.3 Å². The Morgan fingerprint density at radius 2 is 1.94 bits per heavy atom. The van der Waals surface area contributed by atoms with Gasteiger partial charge in [0.15, 0.2) is 6.29 Å². The van der Waals surface area contributed by atoms with Gasteiger partial charge in [-0.15, -0.1) is 0 Å². The summed E-state index contributed by atoms with van der Waals surface area (Å²) in [6.45, 7) is 2.48. The normalized spacial score (nSPS) is 10.1. The molecule has 0 aliphatic carbocycles. The molecule has 92 valence electrons. The Morgan fingerprint density at radius 1 is 1.22 bits per heavy atom. The number of benzene rings is 1. The van der Waals surface area contributed by atoms with Crippen molar-refractivity contribution in [3.8, 4) is 0 Å². The highest BCUT2D eigenvalue weighted by atomic mass is 16.2. The molecule has 0 fully saturated rings. The summed E-state index contributed by atoms with van der Waals surface area (Å²) in [4.78, 5) is 27.3. The van der Waals surface area contributed by atoms with Crippen LogP contribution in [0.15, 0.2) is 42.5 Å². The van der Waals surface area contributed by atoms with Gasteiger partial charge in [-0.05, 0) is 31.2 Å². The van der Waals surface area contributed by atoms with Crippen molar-refractivity contribution >= 4 is 17.9 Å². The fourth-order valence-electron chi connectivity index (χ4n) is 1.80. The minimum atomic E-state index is -0.142. The van der Waals surface area contributed by atoms with Crippen molar-refractivity contribution in [3.63, 3.8) is 0 Å². The third kappa shape index (κ3) is 2.32. The zero-order chi connectivity index (χ0) is 13.0. The quantitative estimate of drug-likeness (QED) is 0.837. The van der Waals surface area contributed by atoms with E-state index in [1.165, 1.54) is 0 Å². The molecule has 1 heterocycles. The predicted molar refractivity (Wildman–Crippen MR) is 70.0 cm³/mol. The number of H-pyrrole nitrogens is 1. The maximum absolute atomic E-state index is 12.3. The summed E-state index contributed by atoms with van der Waals surface area (Å²) < 4.78 is 0. The van der Waals surface area contributed by atoms with E-state index in [-0.39, 0.29) is 5.91 Å². The lowest BCUT2D eigenvalue weighted by Crippen LogP contribution is -2.30. The predicted octanol–water partition coefficient (Wildman–Crippen LogP) is 2.49. The number of rotatable bonds is 4. The van der Waals surface area contributed by atoms with Gasteiger partial charge < -0.3 is 9.88 Å². The number of aldehydes is 1. The molecule has 0 saturated heterocycles. The SMILES string of the molecule is CCN(C(=O)c1ccc(C=O)[nH]1)c1ccccc1. The standard InChI is InChI=1S/C14H14N2O2/c1-2-16(12-6-4-3-5-7-12)14(18)13-9-8-11(10-17)15-13/h3-10,15H,2H2,1H3. The minimum Gasteiger partial charge on any atom is -0.348 e. The number of carbonyl (C=O) groups is 2. The number of carbonyl (C=O) groups excluding carboxylic acids is 2. The molecule has 0 spiro atoms. The molecule has 2 aromatic rings. The van der Waals surface area contributed by atoms with Gasteiger partial charge in [0, 0.05) is 12.2 Å². The molecule has 1 aromatic carbocycles. The fourth-order valence-corrected chi connectivity index (χ4v) is 1.80. The van der Waals surface area contributed by atoms with Gasteiger partial charge in [0.2, 0.25) is 0 Å². The number of aromatic nitrogens is 1. The number of para-hydroxylation sites is 1. The summed E-state index contributed by atoms with van der Waals surface area (Å²) in [7, 11) is 0. The van der Waals surface area contributed by atoms with E-state index in [4.69, 9.17) is 0 Å². The molecular formula is C14H14N2O2. The van der Waals surface area contributed by atoms with Gasteiger partial charge in [0.05, 0.1) is 5.69 Å². The molecule has 0 unspecified atom stereocenters. The lowest BCUT2D eigenvalue weighted by atomic mass is 10.2. The molecule has 1 amide bonds. The van der Waals surface area contributed by atoms with Crippen LogP contribution < -0.4 is 4.90 Å². The second-order valence-corrected chi connectivity index (χ2v) is 3.83. The largest absolute Gasteiger partial charge is 0.348 e. The molecular weight excluding hydrogens is 228 g/mol. The summed E-state index contributed by atoms with van der Waals surface area (Å²) in [5.74, 6) is -0.142. The van der Waals surface area contributed by atoms with Crippen molar-refractivity contribution in [3.05, 3.63) is 53.9 Å². The van der Waals surface area contributed by atoms with Crippen molar-refractivity contribution in [2.24, 2.45) is 0 Å². The molecule has 0 saturated carbocycles. The van der Waals surface area contributed by atoms with Gasteiger partial charge in [0.25, 0.3) is 5.91 Å². The van der Waals surface area contributed by atoms with Crippen LogP contribution in [0.4, 0.5) is 5.69 Å². The molecule has 0 atom stereocenters. The third-order valence-corrected chi connectivity index (χ3v) is 2.70. The molecule has 0 radical (unpaired) electrons. The molecule has 0 aliphatic rings. The van der Waals surface area contributed by atoms with E-state index in [1.54, 1.807) is 17.0 Å². The van der Waals surface area contributed by atoms with E-state index in [9.17, 15) is 9.59 Å². The maximum Gasteiger partial charge on any atom is 0.274 e. The maximum atomic E-state index is 12.3. The summed E-state index contributed by atoms with van der Waals surface area (Å²) in [6.07, 6.45) is 0.690. The van der Waals surface area contributed by atoms with Crippen LogP contribution in [-0.2, 0) is 0 Å². The first-order chi connectivity index (χ1) is 8.76.